The maximum Gasteiger partial charge on any atom is 0.242 e. The first-order chi connectivity index (χ1) is 11.9. The number of methoxy groups -OCH3 is 1. The zero-order valence-corrected chi connectivity index (χ0v) is 15.5. The number of carbonyl (C=O) groups is 2. The Morgan fingerprint density at radius 3 is 2.44 bits per heavy atom. The molecule has 0 spiro atoms. The van der Waals surface area contributed by atoms with Crippen LogP contribution in [0.1, 0.15) is 32.3 Å². The van der Waals surface area contributed by atoms with Crippen molar-refractivity contribution in [3.8, 4) is 5.75 Å². The van der Waals surface area contributed by atoms with Gasteiger partial charge < -0.3 is 20.3 Å². The monoisotopic (exact) mass is 347 g/mol. The second-order valence-corrected chi connectivity index (χ2v) is 6.87. The number of amides is 2. The van der Waals surface area contributed by atoms with Gasteiger partial charge in [0.25, 0.3) is 0 Å². The molecule has 2 amide bonds. The Morgan fingerprint density at radius 2 is 1.84 bits per heavy atom. The zero-order valence-electron chi connectivity index (χ0n) is 15.5. The molecule has 1 aromatic carbocycles. The highest BCUT2D eigenvalue weighted by atomic mass is 16.5. The van der Waals surface area contributed by atoms with Crippen molar-refractivity contribution < 1.29 is 14.3 Å². The molecule has 1 fully saturated rings. The summed E-state index contributed by atoms with van der Waals surface area (Å²) in [4.78, 5) is 28.6. The van der Waals surface area contributed by atoms with Crippen LogP contribution >= 0.6 is 0 Å². The van der Waals surface area contributed by atoms with E-state index in [2.05, 4.69) is 0 Å². The molecule has 1 unspecified atom stereocenters. The third-order valence-corrected chi connectivity index (χ3v) is 4.67. The van der Waals surface area contributed by atoms with E-state index in [0.717, 1.165) is 17.7 Å². The van der Waals surface area contributed by atoms with Gasteiger partial charge in [0.05, 0.1) is 19.1 Å². The van der Waals surface area contributed by atoms with E-state index in [9.17, 15) is 9.59 Å². The first-order valence-electron chi connectivity index (χ1n) is 8.86. The van der Waals surface area contributed by atoms with Crippen LogP contribution in [-0.4, -0.2) is 60.4 Å². The number of carbonyl (C=O) groups excluding carboxylic acids is 2. The molecule has 2 N–H and O–H groups in total. The first kappa shape index (κ1) is 19.2. The standard InChI is InChI=1S/C19H29N3O3/c1-4-8-19(2,20)18(24)22-11-9-21(10-12-22)17(23)14-15-6-5-7-16(13-15)25-3/h5-7,13H,4,8-12,14,20H2,1-3H3. The average Bonchev–Trinajstić information content (AvgIpc) is 2.61. The number of benzene rings is 1. The fourth-order valence-electron chi connectivity index (χ4n) is 3.22. The molecule has 6 heteroatoms. The Labute approximate surface area is 149 Å². The maximum atomic E-state index is 12.5. The second kappa shape index (κ2) is 8.34. The van der Waals surface area contributed by atoms with Gasteiger partial charge in [0.1, 0.15) is 5.75 Å². The lowest BCUT2D eigenvalue weighted by Gasteiger charge is -2.38. The molecular formula is C19H29N3O3. The second-order valence-electron chi connectivity index (χ2n) is 6.87. The molecule has 1 saturated heterocycles. The van der Waals surface area contributed by atoms with Crippen LogP contribution in [0.15, 0.2) is 24.3 Å². The zero-order chi connectivity index (χ0) is 18.4. The summed E-state index contributed by atoms with van der Waals surface area (Å²) in [5.74, 6) is 0.803. The molecule has 0 saturated carbocycles. The number of hydrogen-bond acceptors (Lipinski definition) is 4. The SMILES string of the molecule is CCCC(C)(N)C(=O)N1CCN(C(=O)Cc2cccc(OC)c2)CC1. The Balaban J connectivity index is 1.88. The highest BCUT2D eigenvalue weighted by molar-refractivity contribution is 5.86. The fourth-order valence-corrected chi connectivity index (χ4v) is 3.22. The van der Waals surface area contributed by atoms with Crippen LogP contribution in [0.25, 0.3) is 0 Å². The van der Waals surface area contributed by atoms with Crippen molar-refractivity contribution in [2.45, 2.75) is 38.6 Å². The summed E-state index contributed by atoms with van der Waals surface area (Å²) in [6, 6.07) is 7.54. The number of nitrogens with two attached hydrogens (primary N) is 1. The lowest BCUT2D eigenvalue weighted by atomic mass is 9.95. The number of ether oxygens (including phenoxy) is 1. The van der Waals surface area contributed by atoms with Gasteiger partial charge in [0.15, 0.2) is 0 Å². The van der Waals surface area contributed by atoms with Crippen molar-refractivity contribution in [3.63, 3.8) is 0 Å². The molecular weight excluding hydrogens is 318 g/mol. The molecule has 138 valence electrons. The van der Waals surface area contributed by atoms with Crippen LogP contribution in [-0.2, 0) is 16.0 Å². The first-order valence-corrected chi connectivity index (χ1v) is 8.86. The molecule has 1 aliphatic heterocycles. The van der Waals surface area contributed by atoms with Crippen molar-refractivity contribution >= 4 is 11.8 Å². The molecule has 0 radical (unpaired) electrons. The molecule has 2 rings (SSSR count). The smallest absolute Gasteiger partial charge is 0.242 e. The summed E-state index contributed by atoms with van der Waals surface area (Å²) in [6.07, 6.45) is 1.88. The minimum atomic E-state index is -0.818. The van der Waals surface area contributed by atoms with Crippen molar-refractivity contribution in [1.82, 2.24) is 9.80 Å². The van der Waals surface area contributed by atoms with Crippen LogP contribution in [0.4, 0.5) is 0 Å². The molecule has 25 heavy (non-hydrogen) atoms. The van der Waals surface area contributed by atoms with Gasteiger partial charge in [0.2, 0.25) is 11.8 Å². The Bertz CT molecular complexity index is 608. The largest absolute Gasteiger partial charge is 0.497 e. The lowest BCUT2D eigenvalue weighted by Crippen LogP contribution is -2.58. The van der Waals surface area contributed by atoms with Crippen molar-refractivity contribution in [1.29, 1.82) is 0 Å². The van der Waals surface area contributed by atoms with Gasteiger partial charge >= 0.3 is 0 Å². The van der Waals surface area contributed by atoms with E-state index < -0.39 is 5.54 Å². The predicted molar refractivity (Wildman–Crippen MR) is 97.4 cm³/mol. The van der Waals surface area contributed by atoms with E-state index >= 15 is 0 Å². The van der Waals surface area contributed by atoms with E-state index in [1.165, 1.54) is 0 Å². The van der Waals surface area contributed by atoms with Crippen molar-refractivity contribution in [2.75, 3.05) is 33.3 Å². The van der Waals surface area contributed by atoms with E-state index in [1.807, 2.05) is 36.1 Å². The van der Waals surface area contributed by atoms with Crippen LogP contribution in [0.3, 0.4) is 0 Å². The molecule has 0 aromatic heterocycles. The van der Waals surface area contributed by atoms with E-state index in [4.69, 9.17) is 10.5 Å². The maximum absolute atomic E-state index is 12.5. The van der Waals surface area contributed by atoms with Gasteiger partial charge in [-0.3, -0.25) is 9.59 Å². The lowest BCUT2D eigenvalue weighted by molar-refractivity contribution is -0.142. The highest BCUT2D eigenvalue weighted by Gasteiger charge is 2.34. The molecule has 1 aromatic rings. The van der Waals surface area contributed by atoms with E-state index in [0.29, 0.717) is 39.0 Å². The van der Waals surface area contributed by atoms with Gasteiger partial charge in [-0.05, 0) is 31.0 Å². The fraction of sp³-hybridized carbons (Fsp3) is 0.579. The van der Waals surface area contributed by atoms with Crippen LogP contribution in [0, 0.1) is 0 Å². The number of hydrogen-bond donors (Lipinski definition) is 1. The molecule has 1 atom stereocenters. The van der Waals surface area contributed by atoms with Gasteiger partial charge in [-0.15, -0.1) is 0 Å². The van der Waals surface area contributed by atoms with Gasteiger partial charge in [-0.25, -0.2) is 0 Å². The van der Waals surface area contributed by atoms with Crippen molar-refractivity contribution in [3.05, 3.63) is 29.8 Å². The minimum Gasteiger partial charge on any atom is -0.497 e. The van der Waals surface area contributed by atoms with Crippen LogP contribution < -0.4 is 10.5 Å². The van der Waals surface area contributed by atoms with E-state index in [1.54, 1.807) is 18.9 Å². The summed E-state index contributed by atoms with van der Waals surface area (Å²) in [7, 11) is 1.61. The van der Waals surface area contributed by atoms with Crippen molar-refractivity contribution in [2.24, 2.45) is 5.73 Å². The molecule has 1 aliphatic rings. The summed E-state index contributed by atoms with van der Waals surface area (Å²) in [6.45, 7) is 6.00. The summed E-state index contributed by atoms with van der Waals surface area (Å²) in [5.41, 5.74) is 6.25. The minimum absolute atomic E-state index is 0.0192. The topological polar surface area (TPSA) is 75.9 Å². The third kappa shape index (κ3) is 4.95. The Kier molecular flexibility index (Phi) is 6.42. The summed E-state index contributed by atoms with van der Waals surface area (Å²) in [5, 5.41) is 0. The number of nitrogens with zero attached hydrogens (tertiary/aromatic N) is 2. The third-order valence-electron chi connectivity index (χ3n) is 4.67. The summed E-state index contributed by atoms with van der Waals surface area (Å²) >= 11 is 0. The Hall–Kier alpha value is -2.08. The van der Waals surface area contributed by atoms with Crippen LogP contribution in [0.5, 0.6) is 5.75 Å². The Morgan fingerprint density at radius 1 is 1.20 bits per heavy atom. The normalized spacial score (nSPS) is 17.1. The number of piperazine rings is 1. The van der Waals surface area contributed by atoms with Gasteiger partial charge in [0, 0.05) is 26.2 Å². The van der Waals surface area contributed by atoms with E-state index in [-0.39, 0.29) is 11.8 Å². The summed E-state index contributed by atoms with van der Waals surface area (Å²) < 4.78 is 5.19. The van der Waals surface area contributed by atoms with Gasteiger partial charge in [-0.1, -0.05) is 25.5 Å². The molecule has 0 aliphatic carbocycles. The highest BCUT2D eigenvalue weighted by Crippen LogP contribution is 2.16. The average molecular weight is 347 g/mol. The predicted octanol–water partition coefficient (Wildman–Crippen LogP) is 1.43. The van der Waals surface area contributed by atoms with Crippen LogP contribution in [0.2, 0.25) is 0 Å². The molecule has 6 nitrogen and oxygen atoms in total. The molecule has 0 bridgehead atoms. The van der Waals surface area contributed by atoms with Gasteiger partial charge in [-0.2, -0.15) is 0 Å². The quantitative estimate of drug-likeness (QED) is 0.844. The molecule has 1 heterocycles. The number of rotatable bonds is 6.